The molecule has 0 spiro atoms. The molecule has 1 N–H and O–H groups in total. The van der Waals surface area contributed by atoms with Crippen molar-refractivity contribution in [2.45, 2.75) is 26.7 Å². The second-order valence-electron chi connectivity index (χ2n) is 7.47. The normalized spacial score (nSPS) is 15.0. The summed E-state index contributed by atoms with van der Waals surface area (Å²) in [6.07, 6.45) is 3.24. The fourth-order valence-corrected chi connectivity index (χ4v) is 3.74. The van der Waals surface area contributed by atoms with E-state index in [0.29, 0.717) is 5.56 Å². The molecule has 1 amide bonds. The number of carbonyl (C=O) groups excluding carboxylic acids is 1. The number of halogens is 1. The number of benzene rings is 1. The average molecular weight is 380 g/mol. The Hall–Kier alpha value is -2.73. The number of fused-ring (bicyclic) bond motifs is 1. The Balaban J connectivity index is 1.77. The molecule has 1 fully saturated rings. The van der Waals surface area contributed by atoms with Crippen molar-refractivity contribution in [3.8, 4) is 11.3 Å². The van der Waals surface area contributed by atoms with Gasteiger partial charge < -0.3 is 14.6 Å². The van der Waals surface area contributed by atoms with Crippen molar-refractivity contribution in [3.05, 3.63) is 59.2 Å². The Morgan fingerprint density at radius 1 is 1.18 bits per heavy atom. The van der Waals surface area contributed by atoms with Crippen molar-refractivity contribution >= 4 is 11.6 Å². The average Bonchev–Trinajstić information content (AvgIpc) is 2.85. The van der Waals surface area contributed by atoms with Gasteiger partial charge in [0, 0.05) is 31.4 Å². The van der Waals surface area contributed by atoms with Gasteiger partial charge in [0.15, 0.2) is 0 Å². The van der Waals surface area contributed by atoms with E-state index in [-0.39, 0.29) is 18.1 Å². The maximum absolute atomic E-state index is 13.8. The highest BCUT2D eigenvalue weighted by Crippen LogP contribution is 2.27. The maximum atomic E-state index is 13.8. The van der Waals surface area contributed by atoms with Gasteiger partial charge in [-0.1, -0.05) is 6.07 Å². The lowest BCUT2D eigenvalue weighted by atomic mass is 10.1. The second-order valence-corrected chi connectivity index (χ2v) is 7.47. The SMILES string of the molecule is Cc1ccc2nc(-c3ccc(F)c(C)c3)c(CC(=O)N3CCCNCC3)n2c1. The first kappa shape index (κ1) is 18.6. The van der Waals surface area contributed by atoms with Crippen LogP contribution in [-0.2, 0) is 11.2 Å². The van der Waals surface area contributed by atoms with E-state index < -0.39 is 0 Å². The van der Waals surface area contributed by atoms with E-state index in [4.69, 9.17) is 4.98 Å². The standard InChI is InChI=1S/C22H25FN4O/c1-15-4-7-20-25-22(17-5-6-18(23)16(2)12-17)19(27(20)14-15)13-21(28)26-10-3-8-24-9-11-26/h4-7,12,14,24H,3,8-11,13H2,1-2H3. The number of hydrogen-bond acceptors (Lipinski definition) is 3. The minimum Gasteiger partial charge on any atom is -0.341 e. The monoisotopic (exact) mass is 380 g/mol. The molecule has 3 aromatic rings. The molecule has 1 aliphatic rings. The van der Waals surface area contributed by atoms with E-state index in [2.05, 4.69) is 5.32 Å². The van der Waals surface area contributed by atoms with Crippen molar-refractivity contribution in [3.63, 3.8) is 0 Å². The molecule has 28 heavy (non-hydrogen) atoms. The Kier molecular flexibility index (Phi) is 5.13. The quantitative estimate of drug-likeness (QED) is 0.760. The van der Waals surface area contributed by atoms with Crippen LogP contribution in [0.3, 0.4) is 0 Å². The number of imidazole rings is 1. The summed E-state index contributed by atoms with van der Waals surface area (Å²) in [5.41, 5.74) is 4.89. The minimum atomic E-state index is -0.238. The number of hydrogen-bond donors (Lipinski definition) is 1. The molecule has 6 heteroatoms. The molecule has 1 saturated heterocycles. The summed E-state index contributed by atoms with van der Waals surface area (Å²) in [6, 6.07) is 8.97. The number of amides is 1. The summed E-state index contributed by atoms with van der Waals surface area (Å²) >= 11 is 0. The molecule has 0 bridgehead atoms. The van der Waals surface area contributed by atoms with Crippen LogP contribution >= 0.6 is 0 Å². The van der Waals surface area contributed by atoms with Gasteiger partial charge in [-0.3, -0.25) is 4.79 Å². The molecular weight excluding hydrogens is 355 g/mol. The van der Waals surface area contributed by atoms with Crippen molar-refractivity contribution in [1.29, 1.82) is 0 Å². The van der Waals surface area contributed by atoms with Crippen molar-refractivity contribution in [2.24, 2.45) is 0 Å². The molecule has 1 aromatic carbocycles. The van der Waals surface area contributed by atoms with Crippen LogP contribution in [0.1, 0.15) is 23.2 Å². The maximum Gasteiger partial charge on any atom is 0.228 e. The topological polar surface area (TPSA) is 49.6 Å². The summed E-state index contributed by atoms with van der Waals surface area (Å²) in [7, 11) is 0. The van der Waals surface area contributed by atoms with E-state index in [1.807, 2.05) is 34.6 Å². The van der Waals surface area contributed by atoms with Crippen LogP contribution in [-0.4, -0.2) is 46.4 Å². The molecule has 2 aromatic heterocycles. The van der Waals surface area contributed by atoms with E-state index in [1.165, 1.54) is 6.07 Å². The van der Waals surface area contributed by atoms with E-state index in [1.54, 1.807) is 19.1 Å². The number of pyridine rings is 1. The molecule has 5 nitrogen and oxygen atoms in total. The smallest absolute Gasteiger partial charge is 0.228 e. The van der Waals surface area contributed by atoms with Gasteiger partial charge in [-0.05, 0) is 62.2 Å². The van der Waals surface area contributed by atoms with Gasteiger partial charge in [-0.2, -0.15) is 0 Å². The first-order valence-electron chi connectivity index (χ1n) is 9.75. The number of carbonyl (C=O) groups is 1. The van der Waals surface area contributed by atoms with Crippen LogP contribution in [0.5, 0.6) is 0 Å². The molecular formula is C22H25FN4O. The van der Waals surface area contributed by atoms with Crippen LogP contribution in [0.15, 0.2) is 36.5 Å². The van der Waals surface area contributed by atoms with Gasteiger partial charge in [0.1, 0.15) is 11.5 Å². The molecule has 0 aliphatic carbocycles. The lowest BCUT2D eigenvalue weighted by Crippen LogP contribution is -2.35. The Morgan fingerprint density at radius 2 is 2.04 bits per heavy atom. The number of nitrogens with one attached hydrogen (secondary N) is 1. The Bertz CT molecular complexity index is 1020. The second kappa shape index (κ2) is 7.72. The number of aromatic nitrogens is 2. The third-order valence-electron chi connectivity index (χ3n) is 5.31. The lowest BCUT2D eigenvalue weighted by molar-refractivity contribution is -0.130. The van der Waals surface area contributed by atoms with Crippen molar-refractivity contribution < 1.29 is 9.18 Å². The number of aryl methyl sites for hydroxylation is 2. The molecule has 146 valence electrons. The number of rotatable bonds is 3. The highest BCUT2D eigenvalue weighted by atomic mass is 19.1. The predicted octanol–water partition coefficient (Wildman–Crippen LogP) is 3.12. The Morgan fingerprint density at radius 3 is 2.86 bits per heavy atom. The minimum absolute atomic E-state index is 0.104. The third-order valence-corrected chi connectivity index (χ3v) is 5.31. The van der Waals surface area contributed by atoms with Gasteiger partial charge in [0.25, 0.3) is 0 Å². The summed E-state index contributed by atoms with van der Waals surface area (Å²) in [5, 5.41) is 3.33. The lowest BCUT2D eigenvalue weighted by Gasteiger charge is -2.20. The highest BCUT2D eigenvalue weighted by molar-refractivity contribution is 5.82. The van der Waals surface area contributed by atoms with E-state index in [0.717, 1.165) is 60.8 Å². The zero-order valence-corrected chi connectivity index (χ0v) is 16.3. The fourth-order valence-electron chi connectivity index (χ4n) is 3.74. The first-order valence-corrected chi connectivity index (χ1v) is 9.75. The molecule has 4 rings (SSSR count). The van der Waals surface area contributed by atoms with Crippen LogP contribution in [0, 0.1) is 19.7 Å². The zero-order valence-electron chi connectivity index (χ0n) is 16.3. The largest absolute Gasteiger partial charge is 0.341 e. The van der Waals surface area contributed by atoms with Gasteiger partial charge in [0.05, 0.1) is 17.8 Å². The van der Waals surface area contributed by atoms with Crippen LogP contribution in [0.2, 0.25) is 0 Å². The predicted molar refractivity (Wildman–Crippen MR) is 108 cm³/mol. The summed E-state index contributed by atoms with van der Waals surface area (Å²) in [6.45, 7) is 7.02. The molecule has 0 unspecified atom stereocenters. The molecule has 1 aliphatic heterocycles. The summed E-state index contributed by atoms with van der Waals surface area (Å²) in [4.78, 5) is 19.7. The van der Waals surface area contributed by atoms with Crippen molar-refractivity contribution in [1.82, 2.24) is 19.6 Å². The zero-order chi connectivity index (χ0) is 19.7. The molecule has 0 radical (unpaired) electrons. The van der Waals surface area contributed by atoms with Gasteiger partial charge in [-0.15, -0.1) is 0 Å². The first-order chi connectivity index (χ1) is 13.5. The summed E-state index contributed by atoms with van der Waals surface area (Å²) in [5.74, 6) is -0.134. The fraction of sp³-hybridized carbons (Fsp3) is 0.364. The molecule has 0 saturated carbocycles. The third kappa shape index (κ3) is 3.64. The van der Waals surface area contributed by atoms with Crippen LogP contribution < -0.4 is 5.32 Å². The van der Waals surface area contributed by atoms with Gasteiger partial charge >= 0.3 is 0 Å². The van der Waals surface area contributed by atoms with Gasteiger partial charge in [0.2, 0.25) is 5.91 Å². The van der Waals surface area contributed by atoms with Gasteiger partial charge in [-0.25, -0.2) is 9.37 Å². The van der Waals surface area contributed by atoms with E-state index >= 15 is 0 Å². The molecule has 0 atom stereocenters. The Labute approximate surface area is 164 Å². The van der Waals surface area contributed by atoms with Crippen molar-refractivity contribution in [2.75, 3.05) is 26.2 Å². The molecule has 3 heterocycles. The number of nitrogens with zero attached hydrogens (tertiary/aromatic N) is 3. The summed E-state index contributed by atoms with van der Waals surface area (Å²) < 4.78 is 15.8. The van der Waals surface area contributed by atoms with E-state index in [9.17, 15) is 9.18 Å². The van der Waals surface area contributed by atoms with Crippen LogP contribution in [0.4, 0.5) is 4.39 Å². The van der Waals surface area contributed by atoms with Crippen LogP contribution in [0.25, 0.3) is 16.9 Å². The highest BCUT2D eigenvalue weighted by Gasteiger charge is 2.22.